The van der Waals surface area contributed by atoms with E-state index in [-0.39, 0.29) is 0 Å². The number of rotatable bonds is 4. The zero-order valence-corrected chi connectivity index (χ0v) is 11.6. The van der Waals surface area contributed by atoms with Gasteiger partial charge >= 0.3 is 0 Å². The molecule has 17 heavy (non-hydrogen) atoms. The minimum absolute atomic E-state index is 0.499. The van der Waals surface area contributed by atoms with Crippen molar-refractivity contribution in [3.63, 3.8) is 0 Å². The summed E-state index contributed by atoms with van der Waals surface area (Å²) in [4.78, 5) is 5.84. The third kappa shape index (κ3) is 4.26. The highest BCUT2D eigenvalue weighted by atomic mass is 16.7. The molecule has 2 aliphatic carbocycles. The van der Waals surface area contributed by atoms with E-state index in [9.17, 15) is 0 Å². The lowest BCUT2D eigenvalue weighted by atomic mass is 9.89. The Bertz CT molecular complexity index is 211. The second-order valence-electron chi connectivity index (χ2n) is 6.35. The van der Waals surface area contributed by atoms with Crippen LogP contribution in [0.25, 0.3) is 0 Å². The van der Waals surface area contributed by atoms with Crippen LogP contribution >= 0.6 is 0 Å². The highest BCUT2D eigenvalue weighted by molar-refractivity contribution is 4.75. The predicted octanol–water partition coefficient (Wildman–Crippen LogP) is 4.06. The lowest BCUT2D eigenvalue weighted by Crippen LogP contribution is -2.32. The molecule has 1 N–H and O–H groups in total. The largest absolute Gasteiger partial charge is 0.298 e. The third-order valence-electron chi connectivity index (χ3n) is 4.66. The van der Waals surface area contributed by atoms with E-state index in [1.165, 1.54) is 57.8 Å². The van der Waals surface area contributed by atoms with Crippen molar-refractivity contribution in [1.29, 1.82) is 0 Å². The first-order valence-corrected chi connectivity index (χ1v) is 7.67. The normalized spacial score (nSPS) is 31.9. The van der Waals surface area contributed by atoms with E-state index in [1.807, 2.05) is 0 Å². The van der Waals surface area contributed by atoms with E-state index < -0.39 is 0 Å². The van der Waals surface area contributed by atoms with Crippen LogP contribution in [-0.4, -0.2) is 12.1 Å². The van der Waals surface area contributed by atoms with Crippen LogP contribution in [-0.2, 0) is 4.84 Å². The molecule has 2 unspecified atom stereocenters. The third-order valence-corrected chi connectivity index (χ3v) is 4.66. The summed E-state index contributed by atoms with van der Waals surface area (Å²) in [6.45, 7) is 4.74. The Morgan fingerprint density at radius 3 is 2.35 bits per heavy atom. The molecule has 2 saturated carbocycles. The maximum atomic E-state index is 5.84. The molecule has 2 nitrogen and oxygen atoms in total. The molecule has 100 valence electrons. The van der Waals surface area contributed by atoms with Crippen LogP contribution < -0.4 is 5.48 Å². The molecule has 0 heterocycles. The minimum atomic E-state index is 0.499. The summed E-state index contributed by atoms with van der Waals surface area (Å²) >= 11 is 0. The molecule has 0 spiro atoms. The van der Waals surface area contributed by atoms with Gasteiger partial charge in [0.05, 0.1) is 6.10 Å². The van der Waals surface area contributed by atoms with Gasteiger partial charge < -0.3 is 0 Å². The molecular weight excluding hydrogens is 210 g/mol. The summed E-state index contributed by atoms with van der Waals surface area (Å²) < 4.78 is 0. The van der Waals surface area contributed by atoms with Crippen molar-refractivity contribution in [2.75, 3.05) is 0 Å². The molecule has 0 radical (unpaired) electrons. The summed E-state index contributed by atoms with van der Waals surface area (Å²) in [6, 6.07) is 0.611. The zero-order chi connectivity index (χ0) is 12.1. The Balaban J connectivity index is 1.67. The van der Waals surface area contributed by atoms with Gasteiger partial charge in [-0.3, -0.25) is 4.84 Å². The van der Waals surface area contributed by atoms with Crippen molar-refractivity contribution in [2.45, 2.75) is 83.8 Å². The first kappa shape index (κ1) is 13.4. The highest BCUT2D eigenvalue weighted by Gasteiger charge is 2.22. The molecule has 2 rings (SSSR count). The lowest BCUT2D eigenvalue weighted by Gasteiger charge is -2.20. The van der Waals surface area contributed by atoms with Crippen LogP contribution in [0.15, 0.2) is 0 Å². The molecule has 2 aliphatic rings. The van der Waals surface area contributed by atoms with Gasteiger partial charge in [0.2, 0.25) is 0 Å². The Morgan fingerprint density at radius 1 is 0.882 bits per heavy atom. The van der Waals surface area contributed by atoms with Crippen LogP contribution in [0.3, 0.4) is 0 Å². The second kappa shape index (κ2) is 6.75. The number of hydrogen-bond donors (Lipinski definition) is 1. The lowest BCUT2D eigenvalue weighted by molar-refractivity contribution is -0.0427. The molecule has 0 amide bonds. The van der Waals surface area contributed by atoms with E-state index in [2.05, 4.69) is 19.3 Å². The van der Waals surface area contributed by atoms with Gasteiger partial charge in [0.1, 0.15) is 0 Å². The van der Waals surface area contributed by atoms with Crippen molar-refractivity contribution in [3.05, 3.63) is 0 Å². The van der Waals surface area contributed by atoms with Crippen molar-refractivity contribution in [1.82, 2.24) is 5.48 Å². The quantitative estimate of drug-likeness (QED) is 0.590. The summed E-state index contributed by atoms with van der Waals surface area (Å²) in [6.07, 6.45) is 12.5. The highest BCUT2D eigenvalue weighted by Crippen LogP contribution is 2.29. The van der Waals surface area contributed by atoms with Gasteiger partial charge in [-0.1, -0.05) is 39.5 Å². The van der Waals surface area contributed by atoms with E-state index >= 15 is 0 Å². The first-order valence-electron chi connectivity index (χ1n) is 7.67. The van der Waals surface area contributed by atoms with Gasteiger partial charge in [-0.05, 0) is 43.9 Å². The van der Waals surface area contributed by atoms with Crippen molar-refractivity contribution in [2.24, 2.45) is 11.8 Å². The fraction of sp³-hybridized carbons (Fsp3) is 1.00. The Kier molecular flexibility index (Phi) is 5.30. The molecule has 0 saturated heterocycles. The Morgan fingerprint density at radius 2 is 1.65 bits per heavy atom. The standard InChI is InChI=1S/C15H29NO/c1-12(2)13-6-5-7-14(11-10-13)16-17-15-8-3-4-9-15/h12-16H,3-11H2,1-2H3. The molecule has 0 aliphatic heterocycles. The fourth-order valence-corrected chi connectivity index (χ4v) is 3.31. The summed E-state index contributed by atoms with van der Waals surface area (Å²) in [5.74, 6) is 1.79. The van der Waals surface area contributed by atoms with Gasteiger partial charge in [0.15, 0.2) is 0 Å². The SMILES string of the molecule is CC(C)C1CCCC(NOC2CCCC2)CC1. The van der Waals surface area contributed by atoms with Crippen LogP contribution in [0.5, 0.6) is 0 Å². The van der Waals surface area contributed by atoms with Gasteiger partial charge in [0, 0.05) is 6.04 Å². The molecule has 2 atom stereocenters. The van der Waals surface area contributed by atoms with Crippen molar-refractivity contribution in [3.8, 4) is 0 Å². The maximum absolute atomic E-state index is 5.84. The molecule has 2 fully saturated rings. The minimum Gasteiger partial charge on any atom is -0.298 e. The summed E-state index contributed by atoms with van der Waals surface area (Å²) in [7, 11) is 0. The summed E-state index contributed by atoms with van der Waals surface area (Å²) in [5.41, 5.74) is 3.36. The van der Waals surface area contributed by atoms with Gasteiger partial charge in [0.25, 0.3) is 0 Å². The molecular formula is C15H29NO. The predicted molar refractivity (Wildman–Crippen MR) is 71.7 cm³/mol. The van der Waals surface area contributed by atoms with Gasteiger partial charge in [-0.15, -0.1) is 0 Å². The Labute approximate surface area is 106 Å². The van der Waals surface area contributed by atoms with Crippen molar-refractivity contribution >= 4 is 0 Å². The van der Waals surface area contributed by atoms with Crippen LogP contribution in [0.1, 0.15) is 71.6 Å². The summed E-state index contributed by atoms with van der Waals surface area (Å²) in [5, 5.41) is 0. The molecule has 0 aromatic rings. The number of nitrogens with one attached hydrogen (secondary N) is 1. The van der Waals surface area contributed by atoms with E-state index in [0.717, 1.165) is 11.8 Å². The molecule has 0 bridgehead atoms. The molecule has 0 aromatic heterocycles. The van der Waals surface area contributed by atoms with E-state index in [0.29, 0.717) is 12.1 Å². The topological polar surface area (TPSA) is 21.3 Å². The number of hydrogen-bond acceptors (Lipinski definition) is 2. The van der Waals surface area contributed by atoms with E-state index in [4.69, 9.17) is 4.84 Å². The monoisotopic (exact) mass is 239 g/mol. The second-order valence-corrected chi connectivity index (χ2v) is 6.35. The van der Waals surface area contributed by atoms with E-state index in [1.54, 1.807) is 0 Å². The van der Waals surface area contributed by atoms with Gasteiger partial charge in [-0.2, -0.15) is 5.48 Å². The van der Waals surface area contributed by atoms with Crippen LogP contribution in [0.4, 0.5) is 0 Å². The smallest absolute Gasteiger partial charge is 0.0790 e. The fourth-order valence-electron chi connectivity index (χ4n) is 3.31. The maximum Gasteiger partial charge on any atom is 0.0790 e. The van der Waals surface area contributed by atoms with Crippen LogP contribution in [0.2, 0.25) is 0 Å². The molecule has 0 aromatic carbocycles. The van der Waals surface area contributed by atoms with Gasteiger partial charge in [-0.25, -0.2) is 0 Å². The van der Waals surface area contributed by atoms with Crippen molar-refractivity contribution < 1.29 is 4.84 Å². The Hall–Kier alpha value is -0.0800. The molecule has 2 heteroatoms. The number of hydroxylamine groups is 1. The zero-order valence-electron chi connectivity index (χ0n) is 11.6. The average molecular weight is 239 g/mol. The van der Waals surface area contributed by atoms with Crippen LogP contribution in [0, 0.1) is 11.8 Å². The first-order chi connectivity index (χ1) is 8.25. The average Bonchev–Trinajstić information content (AvgIpc) is 2.70.